The lowest BCUT2D eigenvalue weighted by Crippen LogP contribution is -2.48. The van der Waals surface area contributed by atoms with E-state index in [9.17, 15) is 0 Å². The first-order valence-corrected chi connectivity index (χ1v) is 6.72. The van der Waals surface area contributed by atoms with Gasteiger partial charge < -0.3 is 5.73 Å². The number of likely N-dealkylation sites (tertiary alicyclic amines) is 1. The first-order valence-electron chi connectivity index (χ1n) is 6.72. The standard InChI is InChI=1S/C13H24N4.ClH/c1-3-17-12(7-8-15-17)10-16-9-5-4-6-13(16)11(2)14;/h7-8,11,13H,3-6,9-10,14H2,1-2H3;1H. The second-order valence-electron chi connectivity index (χ2n) is 5.03. The van der Waals surface area contributed by atoms with Crippen LogP contribution in [0.15, 0.2) is 12.3 Å². The van der Waals surface area contributed by atoms with Crippen molar-refractivity contribution in [1.29, 1.82) is 0 Å². The molecular weight excluding hydrogens is 248 g/mol. The van der Waals surface area contributed by atoms with Crippen LogP contribution in [0.5, 0.6) is 0 Å². The van der Waals surface area contributed by atoms with Crippen molar-refractivity contribution in [1.82, 2.24) is 14.7 Å². The third-order valence-corrected chi connectivity index (χ3v) is 3.74. The summed E-state index contributed by atoms with van der Waals surface area (Å²) in [5.74, 6) is 0. The third-order valence-electron chi connectivity index (χ3n) is 3.74. The van der Waals surface area contributed by atoms with Crippen LogP contribution in [0.1, 0.15) is 38.8 Å². The number of hydrogen-bond acceptors (Lipinski definition) is 3. The lowest BCUT2D eigenvalue weighted by atomic mass is 9.97. The Bertz CT molecular complexity index is 351. The van der Waals surface area contributed by atoms with E-state index < -0.39 is 0 Å². The van der Waals surface area contributed by atoms with Gasteiger partial charge in [-0.15, -0.1) is 12.4 Å². The highest BCUT2D eigenvalue weighted by Crippen LogP contribution is 2.21. The summed E-state index contributed by atoms with van der Waals surface area (Å²) in [6.07, 6.45) is 5.74. The van der Waals surface area contributed by atoms with E-state index in [0.29, 0.717) is 6.04 Å². The van der Waals surface area contributed by atoms with E-state index >= 15 is 0 Å². The van der Waals surface area contributed by atoms with Crippen LogP contribution in [0.4, 0.5) is 0 Å². The Morgan fingerprint density at radius 2 is 2.28 bits per heavy atom. The van der Waals surface area contributed by atoms with Gasteiger partial charge in [-0.2, -0.15) is 5.10 Å². The van der Waals surface area contributed by atoms with E-state index in [1.54, 1.807) is 0 Å². The zero-order chi connectivity index (χ0) is 12.3. The predicted molar refractivity (Wildman–Crippen MR) is 76.8 cm³/mol. The number of nitrogens with two attached hydrogens (primary N) is 1. The zero-order valence-corrected chi connectivity index (χ0v) is 12.2. The topological polar surface area (TPSA) is 47.1 Å². The molecule has 0 bridgehead atoms. The molecule has 18 heavy (non-hydrogen) atoms. The molecule has 2 heterocycles. The highest BCUT2D eigenvalue weighted by atomic mass is 35.5. The van der Waals surface area contributed by atoms with Crippen LogP contribution in [0.3, 0.4) is 0 Å². The second-order valence-corrected chi connectivity index (χ2v) is 5.03. The van der Waals surface area contributed by atoms with Gasteiger partial charge in [0.25, 0.3) is 0 Å². The number of rotatable bonds is 4. The van der Waals surface area contributed by atoms with Crippen molar-refractivity contribution in [2.24, 2.45) is 5.73 Å². The zero-order valence-electron chi connectivity index (χ0n) is 11.4. The predicted octanol–water partition coefficient (Wildman–Crippen LogP) is 2.03. The van der Waals surface area contributed by atoms with Gasteiger partial charge in [-0.3, -0.25) is 9.58 Å². The number of hydrogen-bond donors (Lipinski definition) is 1. The van der Waals surface area contributed by atoms with Crippen molar-refractivity contribution in [3.63, 3.8) is 0 Å². The maximum atomic E-state index is 6.09. The van der Waals surface area contributed by atoms with E-state index in [1.165, 1.54) is 31.5 Å². The molecule has 0 radical (unpaired) electrons. The number of aromatic nitrogens is 2. The highest BCUT2D eigenvalue weighted by Gasteiger charge is 2.25. The summed E-state index contributed by atoms with van der Waals surface area (Å²) in [7, 11) is 0. The molecule has 2 rings (SSSR count). The molecule has 0 aromatic carbocycles. The molecule has 0 saturated carbocycles. The van der Waals surface area contributed by atoms with Crippen LogP contribution in [-0.2, 0) is 13.1 Å². The molecule has 104 valence electrons. The molecule has 2 N–H and O–H groups in total. The Labute approximate surface area is 116 Å². The van der Waals surface area contributed by atoms with Crippen molar-refractivity contribution >= 4 is 12.4 Å². The summed E-state index contributed by atoms with van der Waals surface area (Å²) in [6.45, 7) is 7.36. The summed E-state index contributed by atoms with van der Waals surface area (Å²) in [5.41, 5.74) is 7.40. The minimum atomic E-state index is 0. The van der Waals surface area contributed by atoms with E-state index in [1.807, 2.05) is 6.20 Å². The Morgan fingerprint density at radius 1 is 1.50 bits per heavy atom. The molecule has 5 heteroatoms. The Hall–Kier alpha value is -0.580. The summed E-state index contributed by atoms with van der Waals surface area (Å²) in [5, 5.41) is 4.33. The highest BCUT2D eigenvalue weighted by molar-refractivity contribution is 5.85. The number of halogens is 1. The fourth-order valence-corrected chi connectivity index (χ4v) is 2.80. The van der Waals surface area contributed by atoms with Gasteiger partial charge in [0.2, 0.25) is 0 Å². The normalized spacial score (nSPS) is 22.5. The molecular formula is C13H25ClN4. The number of aryl methyl sites for hydroxylation is 1. The maximum Gasteiger partial charge on any atom is 0.0524 e. The van der Waals surface area contributed by atoms with Gasteiger partial charge in [0.15, 0.2) is 0 Å². The van der Waals surface area contributed by atoms with Gasteiger partial charge in [0.1, 0.15) is 0 Å². The Kier molecular flexibility index (Phi) is 6.12. The van der Waals surface area contributed by atoms with Crippen LogP contribution >= 0.6 is 12.4 Å². The van der Waals surface area contributed by atoms with Gasteiger partial charge in [-0.25, -0.2) is 0 Å². The van der Waals surface area contributed by atoms with Gasteiger partial charge in [-0.1, -0.05) is 6.42 Å². The average molecular weight is 273 g/mol. The summed E-state index contributed by atoms with van der Waals surface area (Å²) >= 11 is 0. The van der Waals surface area contributed by atoms with Crippen molar-refractivity contribution in [2.75, 3.05) is 6.54 Å². The van der Waals surface area contributed by atoms with Crippen molar-refractivity contribution in [3.05, 3.63) is 18.0 Å². The van der Waals surface area contributed by atoms with Gasteiger partial charge in [0, 0.05) is 31.4 Å². The SMILES string of the molecule is CCn1nccc1CN1CCCCC1C(C)N.Cl. The molecule has 1 saturated heterocycles. The van der Waals surface area contributed by atoms with E-state index in [-0.39, 0.29) is 18.4 Å². The molecule has 2 unspecified atom stereocenters. The Balaban J connectivity index is 0.00000162. The third kappa shape index (κ3) is 3.46. The van der Waals surface area contributed by atoms with Gasteiger partial charge in [0.05, 0.1) is 5.69 Å². The van der Waals surface area contributed by atoms with Crippen LogP contribution in [-0.4, -0.2) is 33.3 Å². The van der Waals surface area contributed by atoms with Crippen LogP contribution in [0.2, 0.25) is 0 Å². The van der Waals surface area contributed by atoms with Crippen LogP contribution in [0, 0.1) is 0 Å². The van der Waals surface area contributed by atoms with E-state index in [4.69, 9.17) is 5.73 Å². The smallest absolute Gasteiger partial charge is 0.0524 e. The summed E-state index contributed by atoms with van der Waals surface area (Å²) in [4.78, 5) is 2.53. The van der Waals surface area contributed by atoms with Gasteiger partial charge >= 0.3 is 0 Å². The molecule has 1 aliphatic heterocycles. The molecule has 4 nitrogen and oxygen atoms in total. The number of nitrogens with zero attached hydrogens (tertiary/aromatic N) is 3. The minimum absolute atomic E-state index is 0. The molecule has 0 spiro atoms. The maximum absolute atomic E-state index is 6.09. The summed E-state index contributed by atoms with van der Waals surface area (Å²) in [6, 6.07) is 2.91. The van der Waals surface area contributed by atoms with Crippen LogP contribution < -0.4 is 5.73 Å². The molecule has 1 aliphatic rings. The monoisotopic (exact) mass is 272 g/mol. The average Bonchev–Trinajstić information content (AvgIpc) is 2.77. The van der Waals surface area contributed by atoms with Crippen LogP contribution in [0.25, 0.3) is 0 Å². The fourth-order valence-electron chi connectivity index (χ4n) is 2.80. The van der Waals surface area contributed by atoms with Crippen molar-refractivity contribution < 1.29 is 0 Å². The molecule has 0 aliphatic carbocycles. The second kappa shape index (κ2) is 7.12. The largest absolute Gasteiger partial charge is 0.327 e. The van der Waals surface area contributed by atoms with Crippen molar-refractivity contribution in [3.8, 4) is 0 Å². The fraction of sp³-hybridized carbons (Fsp3) is 0.769. The first kappa shape index (κ1) is 15.5. The Morgan fingerprint density at radius 3 is 2.94 bits per heavy atom. The first-order chi connectivity index (χ1) is 8.22. The quantitative estimate of drug-likeness (QED) is 0.912. The molecule has 1 fully saturated rings. The molecule has 0 amide bonds. The lowest BCUT2D eigenvalue weighted by Gasteiger charge is -2.38. The summed E-state index contributed by atoms with van der Waals surface area (Å²) < 4.78 is 2.08. The van der Waals surface area contributed by atoms with E-state index in [2.05, 4.69) is 34.6 Å². The van der Waals surface area contributed by atoms with Gasteiger partial charge in [-0.05, 0) is 39.3 Å². The lowest BCUT2D eigenvalue weighted by molar-refractivity contribution is 0.119. The molecule has 2 atom stereocenters. The molecule has 1 aromatic heterocycles. The molecule has 1 aromatic rings. The van der Waals surface area contributed by atoms with Crippen molar-refractivity contribution in [2.45, 2.75) is 58.3 Å². The minimum Gasteiger partial charge on any atom is -0.327 e. The number of piperidine rings is 1. The van der Waals surface area contributed by atoms with E-state index in [0.717, 1.165) is 13.1 Å².